The third-order valence-electron chi connectivity index (χ3n) is 6.19. The summed E-state index contributed by atoms with van der Waals surface area (Å²) in [4.78, 5) is 25.8. The number of aryl methyl sites for hydroxylation is 1. The zero-order valence-corrected chi connectivity index (χ0v) is 20.9. The summed E-state index contributed by atoms with van der Waals surface area (Å²) in [6, 6.07) is 15.3. The molecule has 0 amide bonds. The van der Waals surface area contributed by atoms with Gasteiger partial charge in [-0.1, -0.05) is 0 Å². The molecule has 0 N–H and O–H groups in total. The Morgan fingerprint density at radius 1 is 0.892 bits per heavy atom. The van der Waals surface area contributed by atoms with Gasteiger partial charge in [0, 0.05) is 41.3 Å². The summed E-state index contributed by atoms with van der Waals surface area (Å²) in [5.74, 6) is 1.56. The monoisotopic (exact) mass is 499 g/mol. The second-order valence-corrected chi connectivity index (χ2v) is 8.34. The average Bonchev–Trinajstić information content (AvgIpc) is 3.44. The Morgan fingerprint density at radius 2 is 1.59 bits per heavy atom. The van der Waals surface area contributed by atoms with Crippen LogP contribution in [0.2, 0.25) is 0 Å². The molecule has 8 heteroatoms. The first-order valence-electron chi connectivity index (χ1n) is 11.6. The molecule has 0 radical (unpaired) electrons. The number of carbonyl (C=O) groups excluding carboxylic acids is 2. The minimum Gasteiger partial charge on any atom is -0.497 e. The molecule has 0 bridgehead atoms. The van der Waals surface area contributed by atoms with E-state index in [4.69, 9.17) is 23.7 Å². The zero-order chi connectivity index (χ0) is 26.1. The van der Waals surface area contributed by atoms with Crippen LogP contribution in [-0.2, 0) is 6.54 Å². The van der Waals surface area contributed by atoms with E-state index in [9.17, 15) is 9.59 Å². The van der Waals surface area contributed by atoms with Crippen molar-refractivity contribution in [1.82, 2.24) is 4.57 Å². The van der Waals surface area contributed by atoms with Gasteiger partial charge in [0.25, 0.3) is 0 Å². The van der Waals surface area contributed by atoms with E-state index in [0.717, 1.165) is 28.8 Å². The summed E-state index contributed by atoms with van der Waals surface area (Å²) in [6.45, 7) is 2.83. The normalized spacial score (nSPS) is 13.4. The Kier molecular flexibility index (Phi) is 6.31. The van der Waals surface area contributed by atoms with Crippen LogP contribution in [0.15, 0.2) is 66.6 Å². The lowest BCUT2D eigenvalue weighted by Gasteiger charge is -2.09. The molecule has 0 saturated carbocycles. The number of esters is 1. The smallest absolute Gasteiger partial charge is 0.343 e. The van der Waals surface area contributed by atoms with Crippen LogP contribution < -0.4 is 23.7 Å². The van der Waals surface area contributed by atoms with Gasteiger partial charge in [0.15, 0.2) is 5.76 Å². The topological polar surface area (TPSA) is 85.2 Å². The fourth-order valence-corrected chi connectivity index (χ4v) is 4.27. The lowest BCUT2D eigenvalue weighted by atomic mass is 10.1. The fourth-order valence-electron chi connectivity index (χ4n) is 4.27. The van der Waals surface area contributed by atoms with Gasteiger partial charge < -0.3 is 28.3 Å². The molecular formula is C29H25NO7. The predicted molar refractivity (Wildman–Crippen MR) is 138 cm³/mol. The van der Waals surface area contributed by atoms with Crippen LogP contribution in [0, 0.1) is 0 Å². The summed E-state index contributed by atoms with van der Waals surface area (Å²) >= 11 is 0. The van der Waals surface area contributed by atoms with Gasteiger partial charge in [-0.2, -0.15) is 0 Å². The number of ketones is 1. The van der Waals surface area contributed by atoms with E-state index in [2.05, 4.69) is 11.5 Å². The van der Waals surface area contributed by atoms with E-state index in [0.29, 0.717) is 22.8 Å². The number of nitrogens with zero attached hydrogens (tertiary/aromatic N) is 1. The van der Waals surface area contributed by atoms with Crippen LogP contribution in [-0.4, -0.2) is 37.6 Å². The van der Waals surface area contributed by atoms with Gasteiger partial charge in [0.2, 0.25) is 5.78 Å². The molecule has 3 aromatic carbocycles. The van der Waals surface area contributed by atoms with Crippen molar-refractivity contribution >= 4 is 28.7 Å². The van der Waals surface area contributed by atoms with E-state index < -0.39 is 5.97 Å². The molecule has 8 nitrogen and oxygen atoms in total. The van der Waals surface area contributed by atoms with Gasteiger partial charge in [0.05, 0.1) is 32.5 Å². The summed E-state index contributed by atoms with van der Waals surface area (Å²) in [6.07, 6.45) is 3.71. The number of methoxy groups -OCH3 is 3. The summed E-state index contributed by atoms with van der Waals surface area (Å²) in [5, 5.41) is 0.949. The van der Waals surface area contributed by atoms with Crippen molar-refractivity contribution in [2.24, 2.45) is 0 Å². The molecule has 2 heterocycles. The lowest BCUT2D eigenvalue weighted by Crippen LogP contribution is -2.09. The number of allylic oxidation sites excluding steroid dienone is 1. The first-order valence-corrected chi connectivity index (χ1v) is 11.6. The van der Waals surface area contributed by atoms with Crippen LogP contribution in [0.4, 0.5) is 0 Å². The highest BCUT2D eigenvalue weighted by atomic mass is 16.5. The Morgan fingerprint density at radius 3 is 2.27 bits per heavy atom. The first kappa shape index (κ1) is 24.0. The van der Waals surface area contributed by atoms with Gasteiger partial charge in [-0.3, -0.25) is 4.79 Å². The number of carbonyl (C=O) groups is 2. The number of rotatable bonds is 7. The number of fused-ring (bicyclic) bond motifs is 2. The molecule has 0 fully saturated rings. The van der Waals surface area contributed by atoms with Crippen molar-refractivity contribution in [3.05, 3.63) is 83.2 Å². The highest BCUT2D eigenvalue weighted by Crippen LogP contribution is 2.36. The molecule has 1 aliphatic rings. The second kappa shape index (κ2) is 9.73. The average molecular weight is 500 g/mol. The SMILES string of the molecule is CCn1cc(/C=C2/Oc3cc(OC(=O)c4cc(OC)cc(OC)c4)ccc3C2=O)c2cc(OC)ccc21. The Hall–Kier alpha value is -4.72. The van der Waals surface area contributed by atoms with Gasteiger partial charge in [-0.25, -0.2) is 4.79 Å². The van der Waals surface area contributed by atoms with Crippen molar-refractivity contribution in [2.45, 2.75) is 13.5 Å². The molecule has 0 atom stereocenters. The predicted octanol–water partition coefficient (Wildman–Crippen LogP) is 5.52. The number of Topliss-reactive ketones (excluding diaryl/α,β-unsaturated/α-hetero) is 1. The van der Waals surface area contributed by atoms with E-state index in [1.807, 2.05) is 24.4 Å². The van der Waals surface area contributed by atoms with Crippen LogP contribution in [0.5, 0.6) is 28.7 Å². The van der Waals surface area contributed by atoms with Crippen LogP contribution >= 0.6 is 0 Å². The second-order valence-electron chi connectivity index (χ2n) is 8.34. The van der Waals surface area contributed by atoms with E-state index in [1.165, 1.54) is 20.3 Å². The molecular weight excluding hydrogens is 474 g/mol. The third-order valence-corrected chi connectivity index (χ3v) is 6.19. The summed E-state index contributed by atoms with van der Waals surface area (Å²) in [5.41, 5.74) is 2.52. The number of hydrogen-bond donors (Lipinski definition) is 0. The fraction of sp³-hybridized carbons (Fsp3) is 0.172. The van der Waals surface area contributed by atoms with Crippen molar-refractivity contribution in [3.8, 4) is 28.7 Å². The van der Waals surface area contributed by atoms with Gasteiger partial charge in [0.1, 0.15) is 28.7 Å². The van der Waals surface area contributed by atoms with Crippen molar-refractivity contribution in [2.75, 3.05) is 21.3 Å². The first-order chi connectivity index (χ1) is 17.9. The number of hydrogen-bond acceptors (Lipinski definition) is 7. The third kappa shape index (κ3) is 4.49. The van der Waals surface area contributed by atoms with Gasteiger partial charge in [-0.15, -0.1) is 0 Å². The number of ether oxygens (including phenoxy) is 5. The van der Waals surface area contributed by atoms with Crippen LogP contribution in [0.3, 0.4) is 0 Å². The summed E-state index contributed by atoms with van der Waals surface area (Å²) in [7, 11) is 4.62. The molecule has 0 saturated heterocycles. The molecule has 5 rings (SSSR count). The van der Waals surface area contributed by atoms with Gasteiger partial charge in [-0.05, 0) is 55.5 Å². The molecule has 0 aliphatic carbocycles. The highest BCUT2D eigenvalue weighted by Gasteiger charge is 2.28. The number of benzene rings is 3. The minimum absolute atomic E-state index is 0.189. The van der Waals surface area contributed by atoms with E-state index in [1.54, 1.807) is 43.5 Å². The molecule has 4 aromatic rings. The Balaban J connectivity index is 1.42. The van der Waals surface area contributed by atoms with E-state index in [-0.39, 0.29) is 22.9 Å². The van der Waals surface area contributed by atoms with Crippen LogP contribution in [0.1, 0.15) is 33.2 Å². The van der Waals surface area contributed by atoms with Crippen molar-refractivity contribution in [3.63, 3.8) is 0 Å². The van der Waals surface area contributed by atoms with E-state index >= 15 is 0 Å². The largest absolute Gasteiger partial charge is 0.497 e. The maximum Gasteiger partial charge on any atom is 0.343 e. The van der Waals surface area contributed by atoms with Crippen molar-refractivity contribution in [1.29, 1.82) is 0 Å². The maximum atomic E-state index is 13.1. The van der Waals surface area contributed by atoms with Gasteiger partial charge >= 0.3 is 5.97 Å². The maximum absolute atomic E-state index is 13.1. The standard InChI is InChI=1S/C29H25NO7/c1-5-30-16-18(24-14-19(33-2)7-9-25(24)30)12-27-28(31)23-8-6-20(15-26(23)37-27)36-29(32)17-10-21(34-3)13-22(11-17)35-4/h6-16H,5H2,1-4H3/b27-12+. The highest BCUT2D eigenvalue weighted by molar-refractivity contribution is 6.15. The molecule has 37 heavy (non-hydrogen) atoms. The zero-order valence-electron chi connectivity index (χ0n) is 20.9. The number of aromatic nitrogens is 1. The quantitative estimate of drug-likeness (QED) is 0.188. The molecule has 1 aliphatic heterocycles. The lowest BCUT2D eigenvalue weighted by molar-refractivity contribution is 0.0733. The molecule has 1 aromatic heterocycles. The minimum atomic E-state index is -0.599. The van der Waals surface area contributed by atoms with Crippen molar-refractivity contribution < 1.29 is 33.3 Å². The molecule has 0 spiro atoms. The Bertz CT molecular complexity index is 1540. The molecule has 0 unspecified atom stereocenters. The van der Waals surface area contributed by atoms with Crippen LogP contribution in [0.25, 0.3) is 17.0 Å². The molecule has 188 valence electrons. The Labute approximate surface area is 213 Å². The summed E-state index contributed by atoms with van der Waals surface area (Å²) < 4.78 is 29.4.